The first kappa shape index (κ1) is 15.6. The van der Waals surface area contributed by atoms with Crippen LogP contribution < -0.4 is 0 Å². The zero-order chi connectivity index (χ0) is 14.5. The number of nitrogens with zero attached hydrogens (tertiary/aromatic N) is 1. The lowest BCUT2D eigenvalue weighted by atomic mass is 10.2. The smallest absolute Gasteiger partial charge is 0.0693 e. The Balaban J connectivity index is 2.30. The summed E-state index contributed by atoms with van der Waals surface area (Å²) in [5, 5.41) is 9.49. The highest BCUT2D eigenvalue weighted by Gasteiger charge is 2.08. The molecule has 0 atom stereocenters. The minimum Gasteiger partial charge on any atom is -0.392 e. The average Bonchev–Trinajstić information content (AvgIpc) is 2.42. The van der Waals surface area contributed by atoms with Gasteiger partial charge in [-0.3, -0.25) is 0 Å². The maximum absolute atomic E-state index is 9.49. The van der Waals surface area contributed by atoms with E-state index in [4.69, 9.17) is 0 Å². The van der Waals surface area contributed by atoms with Crippen LogP contribution in [0.15, 0.2) is 56.7 Å². The second kappa shape index (κ2) is 7.27. The van der Waals surface area contributed by atoms with Crippen molar-refractivity contribution in [3.8, 4) is 0 Å². The average molecular weight is 352 g/mol. The molecule has 0 saturated heterocycles. The Morgan fingerprint density at radius 2 is 1.75 bits per heavy atom. The molecule has 0 amide bonds. The molecule has 0 aromatic heterocycles. The van der Waals surface area contributed by atoms with E-state index in [9.17, 15) is 5.11 Å². The third kappa shape index (κ3) is 4.09. The van der Waals surface area contributed by atoms with Crippen molar-refractivity contribution >= 4 is 27.7 Å². The number of aliphatic hydroxyl groups is 1. The second-order valence-electron chi connectivity index (χ2n) is 4.86. The molecule has 106 valence electrons. The minimum atomic E-state index is 0.0532. The lowest BCUT2D eigenvalue weighted by molar-refractivity contribution is 0.279. The largest absolute Gasteiger partial charge is 0.392 e. The van der Waals surface area contributed by atoms with Gasteiger partial charge in [-0.15, -0.1) is 0 Å². The molecule has 4 heteroatoms. The van der Waals surface area contributed by atoms with Crippen LogP contribution >= 0.6 is 27.7 Å². The van der Waals surface area contributed by atoms with Crippen LogP contribution in [0.1, 0.15) is 11.1 Å². The Morgan fingerprint density at radius 3 is 2.45 bits per heavy atom. The van der Waals surface area contributed by atoms with Crippen molar-refractivity contribution < 1.29 is 5.11 Å². The summed E-state index contributed by atoms with van der Waals surface area (Å²) in [7, 11) is 4.14. The third-order valence-corrected chi connectivity index (χ3v) is 4.60. The second-order valence-corrected chi connectivity index (χ2v) is 6.86. The minimum absolute atomic E-state index is 0.0532. The van der Waals surface area contributed by atoms with Gasteiger partial charge in [0, 0.05) is 20.8 Å². The predicted molar refractivity (Wildman–Crippen MR) is 88.0 cm³/mol. The van der Waals surface area contributed by atoms with Crippen LogP contribution in [0.25, 0.3) is 0 Å². The van der Waals surface area contributed by atoms with E-state index in [1.54, 1.807) is 11.8 Å². The van der Waals surface area contributed by atoms with Crippen molar-refractivity contribution in [2.24, 2.45) is 0 Å². The van der Waals surface area contributed by atoms with E-state index in [1.807, 2.05) is 18.2 Å². The van der Waals surface area contributed by atoms with Gasteiger partial charge in [-0.05, 0) is 49.5 Å². The summed E-state index contributed by atoms with van der Waals surface area (Å²) >= 11 is 5.15. The van der Waals surface area contributed by atoms with Crippen LogP contribution in [0.5, 0.6) is 0 Å². The topological polar surface area (TPSA) is 23.5 Å². The Morgan fingerprint density at radius 1 is 1.05 bits per heavy atom. The molecule has 0 aliphatic heterocycles. The van der Waals surface area contributed by atoms with Crippen LogP contribution in [0.3, 0.4) is 0 Å². The van der Waals surface area contributed by atoms with Crippen LogP contribution in [0, 0.1) is 0 Å². The van der Waals surface area contributed by atoms with Gasteiger partial charge in [0.25, 0.3) is 0 Å². The molecule has 0 aliphatic carbocycles. The molecule has 2 nitrogen and oxygen atoms in total. The maximum Gasteiger partial charge on any atom is 0.0693 e. The van der Waals surface area contributed by atoms with Crippen LogP contribution in [0.4, 0.5) is 0 Å². The first-order valence-electron chi connectivity index (χ1n) is 6.40. The summed E-state index contributed by atoms with van der Waals surface area (Å²) in [4.78, 5) is 4.49. The van der Waals surface area contributed by atoms with Gasteiger partial charge in [0.2, 0.25) is 0 Å². The van der Waals surface area contributed by atoms with Crippen molar-refractivity contribution in [3.63, 3.8) is 0 Å². The summed E-state index contributed by atoms with van der Waals surface area (Å²) in [5.41, 5.74) is 2.25. The Bertz CT molecular complexity index is 586. The Hall–Kier alpha value is -0.810. The van der Waals surface area contributed by atoms with Gasteiger partial charge in [0.1, 0.15) is 0 Å². The molecule has 2 rings (SSSR count). The van der Waals surface area contributed by atoms with Gasteiger partial charge < -0.3 is 10.0 Å². The highest BCUT2D eigenvalue weighted by Crippen LogP contribution is 2.34. The zero-order valence-electron chi connectivity index (χ0n) is 11.6. The van der Waals surface area contributed by atoms with E-state index in [0.717, 1.165) is 21.5 Å². The first-order valence-corrected chi connectivity index (χ1v) is 8.01. The van der Waals surface area contributed by atoms with Gasteiger partial charge in [-0.1, -0.05) is 45.9 Å². The molecule has 0 spiro atoms. The van der Waals surface area contributed by atoms with E-state index >= 15 is 0 Å². The molecule has 2 aromatic rings. The molecule has 0 radical (unpaired) electrons. The lowest BCUT2D eigenvalue weighted by Crippen LogP contribution is -2.11. The van der Waals surface area contributed by atoms with Crippen molar-refractivity contribution in [1.29, 1.82) is 0 Å². The molecule has 0 unspecified atom stereocenters. The van der Waals surface area contributed by atoms with Crippen molar-refractivity contribution in [2.75, 3.05) is 14.1 Å². The molecule has 0 aliphatic rings. The van der Waals surface area contributed by atoms with E-state index in [0.29, 0.717) is 0 Å². The monoisotopic (exact) mass is 351 g/mol. The van der Waals surface area contributed by atoms with Crippen LogP contribution in [-0.2, 0) is 13.2 Å². The molecule has 0 saturated carbocycles. The third-order valence-electron chi connectivity index (χ3n) is 2.87. The van der Waals surface area contributed by atoms with E-state index < -0.39 is 0 Å². The molecule has 0 heterocycles. The summed E-state index contributed by atoms with van der Waals surface area (Å²) in [6, 6.07) is 14.4. The van der Waals surface area contributed by atoms with Crippen molar-refractivity contribution in [2.45, 2.75) is 22.9 Å². The summed E-state index contributed by atoms with van der Waals surface area (Å²) in [6.45, 7) is 0.964. The Labute approximate surface area is 132 Å². The van der Waals surface area contributed by atoms with Crippen LogP contribution in [0.2, 0.25) is 0 Å². The van der Waals surface area contributed by atoms with Gasteiger partial charge in [0.15, 0.2) is 0 Å². The van der Waals surface area contributed by atoms with Gasteiger partial charge >= 0.3 is 0 Å². The molecule has 2 aromatic carbocycles. The molecule has 0 bridgehead atoms. The molecule has 0 fully saturated rings. The lowest BCUT2D eigenvalue weighted by Gasteiger charge is -2.15. The first-order chi connectivity index (χ1) is 9.60. The van der Waals surface area contributed by atoms with Crippen molar-refractivity contribution in [3.05, 3.63) is 58.1 Å². The van der Waals surface area contributed by atoms with Gasteiger partial charge in [0.05, 0.1) is 6.61 Å². The molecular weight excluding hydrogens is 334 g/mol. The SMILES string of the molecule is CN(C)Cc1ccccc1Sc1ccc(Br)cc1CO. The molecule has 1 N–H and O–H groups in total. The summed E-state index contributed by atoms with van der Waals surface area (Å²) in [5.74, 6) is 0. The number of benzene rings is 2. The number of hydrogen-bond donors (Lipinski definition) is 1. The van der Waals surface area contributed by atoms with Crippen LogP contribution in [-0.4, -0.2) is 24.1 Å². The number of rotatable bonds is 5. The van der Waals surface area contributed by atoms with Gasteiger partial charge in [-0.2, -0.15) is 0 Å². The number of aliphatic hydroxyl groups excluding tert-OH is 1. The molecule has 20 heavy (non-hydrogen) atoms. The fraction of sp³-hybridized carbons (Fsp3) is 0.250. The highest BCUT2D eigenvalue weighted by atomic mass is 79.9. The van der Waals surface area contributed by atoms with E-state index in [2.05, 4.69) is 59.2 Å². The number of halogens is 1. The fourth-order valence-electron chi connectivity index (χ4n) is 1.96. The highest BCUT2D eigenvalue weighted by molar-refractivity contribution is 9.10. The number of hydrogen-bond acceptors (Lipinski definition) is 3. The van der Waals surface area contributed by atoms with Gasteiger partial charge in [-0.25, -0.2) is 0 Å². The normalized spacial score (nSPS) is 11.1. The van der Waals surface area contributed by atoms with E-state index in [-0.39, 0.29) is 6.61 Å². The zero-order valence-corrected chi connectivity index (χ0v) is 14.0. The quantitative estimate of drug-likeness (QED) is 0.874. The summed E-state index contributed by atoms with van der Waals surface area (Å²) < 4.78 is 0.993. The summed E-state index contributed by atoms with van der Waals surface area (Å²) in [6.07, 6.45) is 0. The van der Waals surface area contributed by atoms with Crippen molar-refractivity contribution in [1.82, 2.24) is 4.90 Å². The predicted octanol–water partition coefficient (Wildman–Crippen LogP) is 4.15. The maximum atomic E-state index is 9.49. The Kier molecular flexibility index (Phi) is 5.66. The van der Waals surface area contributed by atoms with E-state index in [1.165, 1.54) is 10.5 Å². The standard InChI is InChI=1S/C16H18BrNOS/c1-18(2)10-12-5-3-4-6-15(12)20-16-8-7-14(17)9-13(16)11-19/h3-9,19H,10-11H2,1-2H3. The molecular formula is C16H18BrNOS. The fourth-order valence-corrected chi connectivity index (χ4v) is 3.41.